The highest BCUT2D eigenvalue weighted by atomic mass is 35.5. The van der Waals surface area contributed by atoms with E-state index in [1.165, 1.54) is 12.8 Å². The maximum absolute atomic E-state index is 11.6. The molecule has 126 valence electrons. The van der Waals surface area contributed by atoms with Crippen molar-refractivity contribution in [2.45, 2.75) is 38.8 Å². The molecule has 0 unspecified atom stereocenters. The molecule has 3 rings (SSSR count). The van der Waals surface area contributed by atoms with Crippen LogP contribution in [-0.4, -0.2) is 26.7 Å². The van der Waals surface area contributed by atoms with Crippen LogP contribution in [0.1, 0.15) is 25.6 Å². The molecule has 0 spiro atoms. The lowest BCUT2D eigenvalue weighted by Crippen LogP contribution is -2.32. The minimum atomic E-state index is -0.520. The first-order valence-electron chi connectivity index (χ1n) is 7.24. The number of carbonyl (C=O) groups excluding carboxylic acids is 1. The van der Waals surface area contributed by atoms with E-state index < -0.39 is 6.04 Å². The fourth-order valence-corrected chi connectivity index (χ4v) is 2.48. The molecule has 2 aromatic rings. The number of halogens is 2. The summed E-state index contributed by atoms with van der Waals surface area (Å²) >= 11 is 0. The van der Waals surface area contributed by atoms with Gasteiger partial charge in [-0.3, -0.25) is 4.79 Å². The van der Waals surface area contributed by atoms with Crippen LogP contribution in [0.15, 0.2) is 24.3 Å². The highest BCUT2D eigenvalue weighted by molar-refractivity contribution is 5.94. The SMILES string of the molecule is C[C@@H](N)C(=O)Nc1ccc(-c2nnc3n2CCCC3)cc1.Cl.Cl. The number of nitrogens with two attached hydrogens (primary N) is 1. The largest absolute Gasteiger partial charge is 0.325 e. The van der Waals surface area contributed by atoms with Gasteiger partial charge in [0.2, 0.25) is 5.91 Å². The van der Waals surface area contributed by atoms with Gasteiger partial charge in [-0.2, -0.15) is 0 Å². The fourth-order valence-electron chi connectivity index (χ4n) is 2.48. The highest BCUT2D eigenvalue weighted by Gasteiger charge is 2.16. The lowest BCUT2D eigenvalue weighted by atomic mass is 10.1. The van der Waals surface area contributed by atoms with Gasteiger partial charge in [0, 0.05) is 24.2 Å². The molecule has 0 radical (unpaired) electrons. The van der Waals surface area contributed by atoms with Gasteiger partial charge in [0.05, 0.1) is 6.04 Å². The molecule has 0 saturated heterocycles. The Morgan fingerprint density at radius 1 is 1.22 bits per heavy atom. The molecule has 2 heterocycles. The molecule has 1 amide bonds. The summed E-state index contributed by atoms with van der Waals surface area (Å²) in [6, 6.07) is 7.10. The number of hydrogen-bond acceptors (Lipinski definition) is 4. The van der Waals surface area contributed by atoms with Gasteiger partial charge in [-0.05, 0) is 44.0 Å². The predicted octanol–water partition coefficient (Wildman–Crippen LogP) is 2.41. The number of hydrogen-bond donors (Lipinski definition) is 2. The van der Waals surface area contributed by atoms with Crippen LogP contribution in [0.3, 0.4) is 0 Å². The van der Waals surface area contributed by atoms with Gasteiger partial charge in [-0.15, -0.1) is 35.0 Å². The number of nitrogens with zero attached hydrogens (tertiary/aromatic N) is 3. The van der Waals surface area contributed by atoms with Crippen molar-refractivity contribution in [1.82, 2.24) is 14.8 Å². The molecule has 1 aliphatic rings. The predicted molar refractivity (Wildman–Crippen MR) is 95.2 cm³/mol. The van der Waals surface area contributed by atoms with Gasteiger partial charge < -0.3 is 15.6 Å². The van der Waals surface area contributed by atoms with Crippen LogP contribution in [0.4, 0.5) is 5.69 Å². The number of nitrogens with one attached hydrogen (secondary N) is 1. The molecule has 0 bridgehead atoms. The number of aryl methyl sites for hydroxylation is 1. The summed E-state index contributed by atoms with van der Waals surface area (Å²) in [6.07, 6.45) is 3.34. The first-order valence-corrected chi connectivity index (χ1v) is 7.24. The third-order valence-electron chi connectivity index (χ3n) is 3.68. The Bertz CT molecular complexity index is 654. The first-order chi connectivity index (χ1) is 10.1. The van der Waals surface area contributed by atoms with E-state index in [0.717, 1.165) is 35.9 Å². The second-order valence-electron chi connectivity index (χ2n) is 5.40. The Morgan fingerprint density at radius 3 is 2.57 bits per heavy atom. The van der Waals surface area contributed by atoms with Crippen LogP contribution in [0.25, 0.3) is 11.4 Å². The molecule has 1 atom stereocenters. The van der Waals surface area contributed by atoms with E-state index in [9.17, 15) is 4.79 Å². The first kappa shape index (κ1) is 19.4. The molecule has 1 aromatic carbocycles. The highest BCUT2D eigenvalue weighted by Crippen LogP contribution is 2.24. The van der Waals surface area contributed by atoms with Crippen LogP contribution in [0, 0.1) is 0 Å². The van der Waals surface area contributed by atoms with Gasteiger partial charge in [0.15, 0.2) is 5.82 Å². The summed E-state index contributed by atoms with van der Waals surface area (Å²) in [5.41, 5.74) is 7.28. The zero-order valence-electron chi connectivity index (χ0n) is 12.9. The third kappa shape index (κ3) is 4.22. The zero-order valence-corrected chi connectivity index (χ0v) is 14.5. The normalized spacial score (nSPS) is 14.0. The van der Waals surface area contributed by atoms with E-state index in [0.29, 0.717) is 0 Å². The zero-order chi connectivity index (χ0) is 14.8. The third-order valence-corrected chi connectivity index (χ3v) is 3.68. The average molecular weight is 358 g/mol. The van der Waals surface area contributed by atoms with Crippen molar-refractivity contribution >= 4 is 36.4 Å². The molecule has 1 aliphatic heterocycles. The summed E-state index contributed by atoms with van der Waals surface area (Å²) in [6.45, 7) is 2.63. The standard InChI is InChI=1S/C15H19N5O.2ClH/c1-10(16)15(21)17-12-7-5-11(6-8-12)14-19-18-13-4-2-3-9-20(13)14;;/h5-8,10H,2-4,9,16H2,1H3,(H,17,21);2*1H/t10-;;/m1../s1. The molecule has 3 N–H and O–H groups in total. The molecule has 0 saturated carbocycles. The van der Waals surface area contributed by atoms with Crippen LogP contribution in [0.2, 0.25) is 0 Å². The maximum atomic E-state index is 11.6. The van der Waals surface area contributed by atoms with E-state index in [1.807, 2.05) is 24.3 Å². The topological polar surface area (TPSA) is 85.8 Å². The van der Waals surface area contributed by atoms with Crippen LogP contribution in [-0.2, 0) is 17.8 Å². The second-order valence-corrected chi connectivity index (χ2v) is 5.40. The van der Waals surface area contributed by atoms with Gasteiger partial charge in [-0.1, -0.05) is 0 Å². The maximum Gasteiger partial charge on any atom is 0.240 e. The van der Waals surface area contributed by atoms with Gasteiger partial charge in [0.25, 0.3) is 0 Å². The summed E-state index contributed by atoms with van der Waals surface area (Å²) in [7, 11) is 0. The summed E-state index contributed by atoms with van der Waals surface area (Å²) < 4.78 is 2.18. The molecule has 0 fully saturated rings. The van der Waals surface area contributed by atoms with Crippen molar-refractivity contribution in [3.63, 3.8) is 0 Å². The molecular formula is C15H21Cl2N5O. The number of anilines is 1. The molecule has 1 aromatic heterocycles. The van der Waals surface area contributed by atoms with E-state index in [4.69, 9.17) is 5.73 Å². The number of amides is 1. The Labute approximate surface area is 147 Å². The number of carbonyl (C=O) groups is 1. The Hall–Kier alpha value is -1.63. The Kier molecular flexibility index (Phi) is 7.00. The molecule has 23 heavy (non-hydrogen) atoms. The van der Waals surface area contributed by atoms with Gasteiger partial charge >= 0.3 is 0 Å². The number of rotatable bonds is 3. The van der Waals surface area contributed by atoms with Gasteiger partial charge in [-0.25, -0.2) is 0 Å². The monoisotopic (exact) mass is 357 g/mol. The van der Waals surface area contributed by atoms with Crippen molar-refractivity contribution in [1.29, 1.82) is 0 Å². The van der Waals surface area contributed by atoms with Crippen LogP contribution < -0.4 is 11.1 Å². The quantitative estimate of drug-likeness (QED) is 0.882. The summed E-state index contributed by atoms with van der Waals surface area (Å²) in [5, 5.41) is 11.3. The Balaban J connectivity index is 0.00000132. The van der Waals surface area contributed by atoms with Crippen molar-refractivity contribution in [3.8, 4) is 11.4 Å². The average Bonchev–Trinajstić information content (AvgIpc) is 2.92. The summed E-state index contributed by atoms with van der Waals surface area (Å²) in [4.78, 5) is 11.6. The molecule has 8 heteroatoms. The lowest BCUT2D eigenvalue weighted by Gasteiger charge is -2.15. The van der Waals surface area contributed by atoms with Crippen LogP contribution >= 0.6 is 24.8 Å². The minimum Gasteiger partial charge on any atom is -0.325 e. The van der Waals surface area contributed by atoms with E-state index in [2.05, 4.69) is 20.1 Å². The number of fused-ring (bicyclic) bond motifs is 1. The molecule has 0 aliphatic carbocycles. The van der Waals surface area contributed by atoms with Crippen molar-refractivity contribution in [2.75, 3.05) is 5.32 Å². The molecule has 6 nitrogen and oxygen atoms in total. The van der Waals surface area contributed by atoms with E-state index in [1.54, 1.807) is 6.92 Å². The smallest absolute Gasteiger partial charge is 0.240 e. The van der Waals surface area contributed by atoms with Crippen molar-refractivity contribution in [2.24, 2.45) is 5.73 Å². The number of aromatic nitrogens is 3. The van der Waals surface area contributed by atoms with E-state index in [-0.39, 0.29) is 30.7 Å². The summed E-state index contributed by atoms with van der Waals surface area (Å²) in [5.74, 6) is 1.77. The van der Waals surface area contributed by atoms with Crippen molar-refractivity contribution < 1.29 is 4.79 Å². The Morgan fingerprint density at radius 2 is 1.91 bits per heavy atom. The number of benzene rings is 1. The minimum absolute atomic E-state index is 0. The fraction of sp³-hybridized carbons (Fsp3) is 0.400. The second kappa shape index (κ2) is 8.29. The lowest BCUT2D eigenvalue weighted by molar-refractivity contribution is -0.117. The molecular weight excluding hydrogens is 337 g/mol. The van der Waals surface area contributed by atoms with Gasteiger partial charge in [0.1, 0.15) is 5.82 Å². The van der Waals surface area contributed by atoms with Crippen LogP contribution in [0.5, 0.6) is 0 Å². The van der Waals surface area contributed by atoms with E-state index >= 15 is 0 Å². The van der Waals surface area contributed by atoms with Crippen molar-refractivity contribution in [3.05, 3.63) is 30.1 Å².